The zero-order valence-electron chi connectivity index (χ0n) is 15.4. The number of aromatic nitrogens is 1. The topological polar surface area (TPSA) is 45.5 Å². The number of benzene rings is 1. The summed E-state index contributed by atoms with van der Waals surface area (Å²) >= 11 is 0. The van der Waals surface area contributed by atoms with Crippen LogP contribution in [0.4, 0.5) is 0 Å². The molecule has 1 aromatic heterocycles. The molecular weight excluding hydrogens is 312 g/mol. The molecule has 1 saturated heterocycles. The van der Waals surface area contributed by atoms with Gasteiger partial charge in [0.2, 0.25) is 0 Å². The third kappa shape index (κ3) is 3.49. The van der Waals surface area contributed by atoms with Crippen molar-refractivity contribution >= 4 is 5.91 Å². The molecule has 2 heterocycles. The summed E-state index contributed by atoms with van der Waals surface area (Å²) in [6.07, 6.45) is 1.24. The minimum absolute atomic E-state index is 0.125. The summed E-state index contributed by atoms with van der Waals surface area (Å²) in [4.78, 5) is 14.8. The van der Waals surface area contributed by atoms with Crippen LogP contribution in [-0.4, -0.2) is 33.6 Å². The lowest BCUT2D eigenvalue weighted by Crippen LogP contribution is -2.40. The molecule has 0 radical (unpaired) electrons. The molecule has 1 fully saturated rings. The van der Waals surface area contributed by atoms with Gasteiger partial charge in [-0.15, -0.1) is 0 Å². The van der Waals surface area contributed by atoms with Crippen LogP contribution in [0.15, 0.2) is 36.4 Å². The van der Waals surface area contributed by atoms with Crippen molar-refractivity contribution in [1.29, 1.82) is 0 Å². The van der Waals surface area contributed by atoms with Crippen LogP contribution in [0.5, 0.6) is 0 Å². The standard InChI is InChI=1S/C21H28N2O2/c1-4-23-15(2)14-19(16(23)3)21(25)22-12-10-18(11-13-22)20(24)17-8-6-5-7-9-17/h5-9,14,18,20,24H,4,10-13H2,1-3H3. The van der Waals surface area contributed by atoms with Gasteiger partial charge < -0.3 is 14.6 Å². The number of carbonyl (C=O) groups excluding carboxylic acids is 1. The Hall–Kier alpha value is -2.07. The number of likely N-dealkylation sites (tertiary alicyclic amines) is 1. The third-order valence-electron chi connectivity index (χ3n) is 5.53. The molecule has 1 atom stereocenters. The summed E-state index contributed by atoms with van der Waals surface area (Å²) in [6, 6.07) is 11.8. The number of aliphatic hydroxyl groups excluding tert-OH is 1. The average Bonchev–Trinajstić information content (AvgIpc) is 2.95. The van der Waals surface area contributed by atoms with E-state index in [4.69, 9.17) is 0 Å². The second kappa shape index (κ2) is 7.44. The van der Waals surface area contributed by atoms with E-state index in [9.17, 15) is 9.90 Å². The highest BCUT2D eigenvalue weighted by Gasteiger charge is 2.29. The van der Waals surface area contributed by atoms with Gasteiger partial charge in [-0.25, -0.2) is 0 Å². The molecule has 1 aliphatic rings. The highest BCUT2D eigenvalue weighted by atomic mass is 16.3. The molecule has 4 heteroatoms. The number of rotatable bonds is 4. The highest BCUT2D eigenvalue weighted by molar-refractivity contribution is 5.95. The number of piperidine rings is 1. The first kappa shape index (κ1) is 17.7. The summed E-state index contributed by atoms with van der Waals surface area (Å²) < 4.78 is 2.18. The van der Waals surface area contributed by atoms with E-state index >= 15 is 0 Å². The van der Waals surface area contributed by atoms with Crippen molar-refractivity contribution in [1.82, 2.24) is 9.47 Å². The summed E-state index contributed by atoms with van der Waals surface area (Å²) in [7, 11) is 0. The second-order valence-corrected chi connectivity index (χ2v) is 7.01. The van der Waals surface area contributed by atoms with Crippen molar-refractivity contribution in [3.8, 4) is 0 Å². The van der Waals surface area contributed by atoms with Crippen LogP contribution in [0, 0.1) is 19.8 Å². The summed E-state index contributed by atoms with van der Waals surface area (Å²) in [5.74, 6) is 0.343. The monoisotopic (exact) mass is 340 g/mol. The molecule has 1 aliphatic heterocycles. The van der Waals surface area contributed by atoms with E-state index in [1.165, 1.54) is 0 Å². The van der Waals surface area contributed by atoms with E-state index in [2.05, 4.69) is 18.4 Å². The van der Waals surface area contributed by atoms with Gasteiger partial charge >= 0.3 is 0 Å². The number of amides is 1. The second-order valence-electron chi connectivity index (χ2n) is 7.01. The number of hydrogen-bond donors (Lipinski definition) is 1. The van der Waals surface area contributed by atoms with Crippen LogP contribution in [-0.2, 0) is 6.54 Å². The van der Waals surface area contributed by atoms with Gasteiger partial charge in [-0.3, -0.25) is 4.79 Å². The Balaban J connectivity index is 1.65. The van der Waals surface area contributed by atoms with Gasteiger partial charge in [-0.1, -0.05) is 30.3 Å². The largest absolute Gasteiger partial charge is 0.388 e. The quantitative estimate of drug-likeness (QED) is 0.922. The van der Waals surface area contributed by atoms with Gasteiger partial charge in [0.25, 0.3) is 5.91 Å². The van der Waals surface area contributed by atoms with E-state index in [1.54, 1.807) is 0 Å². The maximum Gasteiger partial charge on any atom is 0.255 e. The van der Waals surface area contributed by atoms with Gasteiger partial charge in [0, 0.05) is 31.0 Å². The Bertz CT molecular complexity index is 728. The van der Waals surface area contributed by atoms with E-state index in [0.717, 1.165) is 41.9 Å². The Kier molecular flexibility index (Phi) is 5.28. The van der Waals surface area contributed by atoms with Crippen LogP contribution < -0.4 is 0 Å². The van der Waals surface area contributed by atoms with Gasteiger partial charge in [-0.2, -0.15) is 0 Å². The first-order valence-corrected chi connectivity index (χ1v) is 9.22. The molecule has 0 spiro atoms. The maximum atomic E-state index is 12.9. The molecule has 134 valence electrons. The Morgan fingerprint density at radius 1 is 1.20 bits per heavy atom. The van der Waals surface area contributed by atoms with Gasteiger partial charge in [0.1, 0.15) is 0 Å². The number of hydrogen-bond acceptors (Lipinski definition) is 2. The lowest BCUT2D eigenvalue weighted by molar-refractivity contribution is 0.0462. The van der Waals surface area contributed by atoms with Crippen LogP contribution >= 0.6 is 0 Å². The molecule has 25 heavy (non-hydrogen) atoms. The van der Waals surface area contributed by atoms with E-state index in [0.29, 0.717) is 13.1 Å². The molecule has 3 rings (SSSR count). The maximum absolute atomic E-state index is 12.9. The average molecular weight is 340 g/mol. The van der Waals surface area contributed by atoms with E-state index in [1.807, 2.05) is 48.2 Å². The molecule has 2 aromatic rings. The van der Waals surface area contributed by atoms with Crippen LogP contribution in [0.3, 0.4) is 0 Å². The molecule has 1 aromatic carbocycles. The Morgan fingerprint density at radius 2 is 1.84 bits per heavy atom. The number of aliphatic hydroxyl groups is 1. The minimum atomic E-state index is -0.441. The SMILES string of the molecule is CCn1c(C)cc(C(=O)N2CCC(C(O)c3ccccc3)CC2)c1C. The van der Waals surface area contributed by atoms with Gasteiger partial charge in [0.15, 0.2) is 0 Å². The highest BCUT2D eigenvalue weighted by Crippen LogP contribution is 2.31. The number of nitrogens with zero attached hydrogens (tertiary/aromatic N) is 2. The predicted molar refractivity (Wildman–Crippen MR) is 99.6 cm³/mol. The summed E-state index contributed by atoms with van der Waals surface area (Å²) in [5, 5.41) is 10.6. The van der Waals surface area contributed by atoms with Crippen molar-refractivity contribution in [2.45, 2.75) is 46.3 Å². The van der Waals surface area contributed by atoms with Crippen molar-refractivity contribution in [3.05, 3.63) is 58.9 Å². The van der Waals surface area contributed by atoms with Crippen LogP contribution in [0.25, 0.3) is 0 Å². The fraction of sp³-hybridized carbons (Fsp3) is 0.476. The molecule has 0 aliphatic carbocycles. The first-order valence-electron chi connectivity index (χ1n) is 9.22. The molecule has 0 bridgehead atoms. The first-order chi connectivity index (χ1) is 12.0. The Labute approximate surface area is 150 Å². The van der Waals surface area contributed by atoms with Gasteiger partial charge in [0.05, 0.1) is 11.7 Å². The molecule has 4 nitrogen and oxygen atoms in total. The minimum Gasteiger partial charge on any atom is -0.388 e. The lowest BCUT2D eigenvalue weighted by atomic mass is 9.87. The van der Waals surface area contributed by atoms with E-state index in [-0.39, 0.29) is 11.8 Å². The summed E-state index contributed by atoms with van der Waals surface area (Å²) in [6.45, 7) is 8.48. The lowest BCUT2D eigenvalue weighted by Gasteiger charge is -2.34. The Morgan fingerprint density at radius 3 is 2.40 bits per heavy atom. The molecule has 1 unspecified atom stereocenters. The van der Waals surface area contributed by atoms with Crippen molar-refractivity contribution in [2.75, 3.05) is 13.1 Å². The number of aryl methyl sites for hydroxylation is 1. The van der Waals surface area contributed by atoms with E-state index < -0.39 is 6.10 Å². The predicted octanol–water partition coefficient (Wildman–Crippen LogP) is 3.71. The zero-order valence-corrected chi connectivity index (χ0v) is 15.4. The smallest absolute Gasteiger partial charge is 0.255 e. The third-order valence-corrected chi connectivity index (χ3v) is 5.53. The zero-order chi connectivity index (χ0) is 18.0. The fourth-order valence-corrected chi connectivity index (χ4v) is 4.02. The molecule has 0 saturated carbocycles. The van der Waals surface area contributed by atoms with Crippen LogP contribution in [0.1, 0.15) is 53.2 Å². The molecule has 1 amide bonds. The number of carbonyl (C=O) groups is 1. The van der Waals surface area contributed by atoms with Crippen molar-refractivity contribution in [3.63, 3.8) is 0 Å². The van der Waals surface area contributed by atoms with Crippen molar-refractivity contribution in [2.24, 2.45) is 5.92 Å². The van der Waals surface area contributed by atoms with Gasteiger partial charge in [-0.05, 0) is 51.2 Å². The summed E-state index contributed by atoms with van der Waals surface area (Å²) in [5.41, 5.74) is 3.98. The molecular formula is C21H28N2O2. The molecule has 1 N–H and O–H groups in total. The normalized spacial score (nSPS) is 16.9. The fourth-order valence-electron chi connectivity index (χ4n) is 4.02. The van der Waals surface area contributed by atoms with Crippen molar-refractivity contribution < 1.29 is 9.90 Å². The van der Waals surface area contributed by atoms with Crippen LogP contribution in [0.2, 0.25) is 0 Å².